The number of nitrogen functional groups attached to an aromatic ring is 1. The van der Waals surface area contributed by atoms with Crippen LogP contribution in [0, 0.1) is 0 Å². The van der Waals surface area contributed by atoms with E-state index in [1.807, 2.05) is 25.7 Å². The van der Waals surface area contributed by atoms with Gasteiger partial charge in [-0.25, -0.2) is 0 Å². The molecule has 2 rings (SSSR count). The molecule has 1 unspecified atom stereocenters. The molecule has 5 heteroatoms. The van der Waals surface area contributed by atoms with Crippen LogP contribution in [-0.2, 0) is 4.74 Å². The van der Waals surface area contributed by atoms with Crippen LogP contribution in [0.1, 0.15) is 31.1 Å². The summed E-state index contributed by atoms with van der Waals surface area (Å²) < 4.78 is 11.0. The quantitative estimate of drug-likeness (QED) is 0.839. The van der Waals surface area contributed by atoms with Crippen LogP contribution in [0.5, 0.6) is 5.75 Å². The van der Waals surface area contributed by atoms with Crippen molar-refractivity contribution in [1.29, 1.82) is 0 Å². The lowest BCUT2D eigenvalue weighted by Gasteiger charge is -2.41. The van der Waals surface area contributed by atoms with Crippen LogP contribution in [-0.4, -0.2) is 42.7 Å². The van der Waals surface area contributed by atoms with Gasteiger partial charge in [-0.1, -0.05) is 0 Å². The van der Waals surface area contributed by atoms with Gasteiger partial charge in [-0.05, 0) is 32.9 Å². The Kier molecular flexibility index (Phi) is 3.90. The Labute approximate surface area is 119 Å². The molecule has 0 spiro atoms. The van der Waals surface area contributed by atoms with Crippen molar-refractivity contribution >= 4 is 11.6 Å². The van der Waals surface area contributed by atoms with Crippen molar-refractivity contribution in [2.24, 2.45) is 0 Å². The number of morpholine rings is 1. The number of nitrogens with zero attached hydrogens (tertiary/aromatic N) is 1. The van der Waals surface area contributed by atoms with E-state index in [-0.39, 0.29) is 17.6 Å². The van der Waals surface area contributed by atoms with Crippen LogP contribution >= 0.6 is 0 Å². The minimum absolute atomic E-state index is 0.0191. The summed E-state index contributed by atoms with van der Waals surface area (Å²) in [5.41, 5.74) is 6.54. The molecule has 110 valence electrons. The number of nitrogens with two attached hydrogens (primary N) is 1. The molecule has 1 amide bonds. The highest BCUT2D eigenvalue weighted by Gasteiger charge is 2.34. The number of anilines is 1. The van der Waals surface area contributed by atoms with Crippen molar-refractivity contribution in [3.8, 4) is 5.75 Å². The highest BCUT2D eigenvalue weighted by Crippen LogP contribution is 2.24. The third kappa shape index (κ3) is 3.22. The molecule has 5 nitrogen and oxygen atoms in total. The maximum Gasteiger partial charge on any atom is 0.254 e. The van der Waals surface area contributed by atoms with Crippen LogP contribution in [0.3, 0.4) is 0 Å². The van der Waals surface area contributed by atoms with E-state index in [0.29, 0.717) is 30.1 Å². The van der Waals surface area contributed by atoms with Crippen LogP contribution < -0.4 is 10.5 Å². The fourth-order valence-electron chi connectivity index (χ4n) is 2.65. The van der Waals surface area contributed by atoms with Gasteiger partial charge in [0.1, 0.15) is 5.75 Å². The van der Waals surface area contributed by atoms with Gasteiger partial charge in [-0.2, -0.15) is 0 Å². The number of carbonyl (C=O) groups excluding carboxylic acids is 1. The zero-order valence-corrected chi connectivity index (χ0v) is 12.5. The smallest absolute Gasteiger partial charge is 0.254 e. The zero-order valence-electron chi connectivity index (χ0n) is 12.5. The second-order valence-electron chi connectivity index (χ2n) is 5.87. The van der Waals surface area contributed by atoms with Crippen molar-refractivity contribution in [2.75, 3.05) is 25.9 Å². The van der Waals surface area contributed by atoms with Gasteiger partial charge in [-0.3, -0.25) is 4.79 Å². The summed E-state index contributed by atoms with van der Waals surface area (Å²) in [6.45, 7) is 7.10. The predicted octanol–water partition coefficient (Wildman–Crippen LogP) is 1.92. The molecule has 1 aliphatic heterocycles. The lowest BCUT2D eigenvalue weighted by Crippen LogP contribution is -2.53. The molecule has 1 aromatic rings. The fraction of sp³-hybridized carbons (Fsp3) is 0.533. The van der Waals surface area contributed by atoms with E-state index in [1.54, 1.807) is 25.3 Å². The average Bonchev–Trinajstić information content (AvgIpc) is 2.34. The number of hydrogen-bond donors (Lipinski definition) is 1. The lowest BCUT2D eigenvalue weighted by atomic mass is 10.0. The average molecular weight is 278 g/mol. The highest BCUT2D eigenvalue weighted by atomic mass is 16.5. The molecule has 20 heavy (non-hydrogen) atoms. The first kappa shape index (κ1) is 14.7. The highest BCUT2D eigenvalue weighted by molar-refractivity contribution is 5.95. The Morgan fingerprint density at radius 3 is 2.75 bits per heavy atom. The SMILES string of the molecule is COc1cc(N)cc(C(=O)N2CC(C)OC(C)(C)C2)c1. The molecule has 1 aliphatic rings. The maximum absolute atomic E-state index is 12.6. The van der Waals surface area contributed by atoms with Crippen molar-refractivity contribution in [3.63, 3.8) is 0 Å². The Morgan fingerprint density at radius 2 is 2.15 bits per heavy atom. The summed E-state index contributed by atoms with van der Waals surface area (Å²) in [5, 5.41) is 0. The standard InChI is InChI=1S/C15H22N2O3/c1-10-8-17(9-15(2,3)20-10)14(18)11-5-12(16)7-13(6-11)19-4/h5-7,10H,8-9,16H2,1-4H3. The molecule has 1 atom stereocenters. The van der Waals surface area contributed by atoms with Crippen LogP contribution in [0.15, 0.2) is 18.2 Å². The van der Waals surface area contributed by atoms with Gasteiger partial charge in [0, 0.05) is 30.4 Å². The first-order valence-electron chi connectivity index (χ1n) is 6.72. The van der Waals surface area contributed by atoms with E-state index in [2.05, 4.69) is 0 Å². The molecule has 0 bridgehead atoms. The van der Waals surface area contributed by atoms with Crippen LogP contribution in [0.4, 0.5) is 5.69 Å². The third-order valence-corrected chi connectivity index (χ3v) is 3.27. The molecule has 0 radical (unpaired) electrons. The molecule has 1 fully saturated rings. The third-order valence-electron chi connectivity index (χ3n) is 3.27. The number of hydrogen-bond acceptors (Lipinski definition) is 4. The first-order chi connectivity index (χ1) is 9.30. The maximum atomic E-state index is 12.6. The number of methoxy groups -OCH3 is 1. The summed E-state index contributed by atoms with van der Waals surface area (Å²) in [6, 6.07) is 5.09. The van der Waals surface area contributed by atoms with E-state index >= 15 is 0 Å². The Hall–Kier alpha value is -1.75. The van der Waals surface area contributed by atoms with E-state index in [1.165, 1.54) is 0 Å². The minimum atomic E-state index is -0.336. The van der Waals surface area contributed by atoms with Crippen LogP contribution in [0.2, 0.25) is 0 Å². The number of rotatable bonds is 2. The van der Waals surface area contributed by atoms with E-state index in [9.17, 15) is 4.79 Å². The van der Waals surface area contributed by atoms with Gasteiger partial charge in [0.15, 0.2) is 0 Å². The number of ether oxygens (including phenoxy) is 2. The summed E-state index contributed by atoms with van der Waals surface area (Å²) in [5.74, 6) is 0.549. The number of benzene rings is 1. The first-order valence-corrected chi connectivity index (χ1v) is 6.72. The second-order valence-corrected chi connectivity index (χ2v) is 5.87. The predicted molar refractivity (Wildman–Crippen MR) is 77.9 cm³/mol. The molecule has 0 aromatic heterocycles. The van der Waals surface area contributed by atoms with Crippen molar-refractivity contribution < 1.29 is 14.3 Å². The largest absolute Gasteiger partial charge is 0.497 e. The summed E-state index contributed by atoms with van der Waals surface area (Å²) in [4.78, 5) is 14.4. The Bertz CT molecular complexity index is 514. The summed E-state index contributed by atoms with van der Waals surface area (Å²) in [6.07, 6.45) is 0.0191. The van der Waals surface area contributed by atoms with Crippen molar-refractivity contribution in [3.05, 3.63) is 23.8 Å². The van der Waals surface area contributed by atoms with Gasteiger partial charge < -0.3 is 20.1 Å². The molecule has 1 saturated heterocycles. The normalized spacial score (nSPS) is 21.6. The van der Waals surface area contributed by atoms with Crippen LogP contribution in [0.25, 0.3) is 0 Å². The zero-order chi connectivity index (χ0) is 14.9. The van der Waals surface area contributed by atoms with Gasteiger partial charge >= 0.3 is 0 Å². The van der Waals surface area contributed by atoms with Crippen molar-refractivity contribution in [1.82, 2.24) is 4.90 Å². The lowest BCUT2D eigenvalue weighted by molar-refractivity contribution is -0.118. The Morgan fingerprint density at radius 1 is 1.45 bits per heavy atom. The van der Waals surface area contributed by atoms with E-state index < -0.39 is 0 Å². The summed E-state index contributed by atoms with van der Waals surface area (Å²) >= 11 is 0. The second kappa shape index (κ2) is 5.32. The van der Waals surface area contributed by atoms with E-state index in [4.69, 9.17) is 15.2 Å². The number of amides is 1. The summed E-state index contributed by atoms with van der Waals surface area (Å²) in [7, 11) is 1.56. The Balaban J connectivity index is 2.24. The van der Waals surface area contributed by atoms with E-state index in [0.717, 1.165) is 0 Å². The molecule has 2 N–H and O–H groups in total. The van der Waals surface area contributed by atoms with Crippen molar-refractivity contribution in [2.45, 2.75) is 32.5 Å². The topological polar surface area (TPSA) is 64.8 Å². The minimum Gasteiger partial charge on any atom is -0.497 e. The molecule has 0 aliphatic carbocycles. The molecular formula is C15H22N2O3. The van der Waals surface area contributed by atoms with Gasteiger partial charge in [0.2, 0.25) is 0 Å². The fourth-order valence-corrected chi connectivity index (χ4v) is 2.65. The van der Waals surface area contributed by atoms with Gasteiger partial charge in [-0.15, -0.1) is 0 Å². The molecule has 1 aromatic carbocycles. The van der Waals surface area contributed by atoms with Gasteiger partial charge in [0.25, 0.3) is 5.91 Å². The number of carbonyl (C=O) groups is 1. The molecule has 1 heterocycles. The monoisotopic (exact) mass is 278 g/mol. The molecular weight excluding hydrogens is 256 g/mol. The molecule has 0 saturated carbocycles. The van der Waals surface area contributed by atoms with Gasteiger partial charge in [0.05, 0.1) is 18.8 Å².